The lowest BCUT2D eigenvalue weighted by atomic mass is 9.79. The van der Waals surface area contributed by atoms with Crippen LogP contribution in [0.25, 0.3) is 0 Å². The normalized spacial score (nSPS) is 29.1. The number of carbonyl (C=O) groups is 2. The van der Waals surface area contributed by atoms with E-state index in [0.29, 0.717) is 17.9 Å². The Bertz CT molecular complexity index is 1470. The highest BCUT2D eigenvalue weighted by Gasteiger charge is 2.68. The molecule has 2 aromatic rings. The number of ether oxygens (including phenoxy) is 1. The molecule has 0 aliphatic carbocycles. The lowest BCUT2D eigenvalue weighted by Crippen LogP contribution is -2.88. The molecule has 0 saturated carbocycles. The van der Waals surface area contributed by atoms with Crippen LogP contribution in [0, 0.1) is 6.92 Å². The van der Waals surface area contributed by atoms with Gasteiger partial charge in [-0.15, -0.1) is 0 Å². The van der Waals surface area contributed by atoms with Crippen molar-refractivity contribution in [3.8, 4) is 5.75 Å². The number of aromatic nitrogens is 1. The van der Waals surface area contributed by atoms with Crippen molar-refractivity contribution in [3.63, 3.8) is 0 Å². The van der Waals surface area contributed by atoms with Gasteiger partial charge in [-0.2, -0.15) is 0 Å². The van der Waals surface area contributed by atoms with E-state index in [4.69, 9.17) is 16.2 Å². The molecule has 1 unspecified atom stereocenters. The number of nitrogens with one attached hydrogen (secondary N) is 4. The van der Waals surface area contributed by atoms with Crippen LogP contribution in [0.4, 0.5) is 0 Å². The number of pyridine rings is 1. The van der Waals surface area contributed by atoms with E-state index in [1.165, 1.54) is 0 Å². The molecule has 41 heavy (non-hydrogen) atoms. The first kappa shape index (κ1) is 26.8. The highest BCUT2D eigenvalue weighted by molar-refractivity contribution is 5.98. The lowest BCUT2D eigenvalue weighted by Gasteiger charge is -2.43. The Morgan fingerprint density at radius 3 is 2.85 bits per heavy atom. The first-order chi connectivity index (χ1) is 19.5. The number of aliphatic hydroxyl groups is 1. The molecule has 13 heteroatoms. The number of fused-ring (bicyclic) bond motifs is 1. The molecule has 0 radical (unpaired) electrons. The van der Waals surface area contributed by atoms with Crippen molar-refractivity contribution >= 4 is 23.7 Å². The third-order valence-corrected chi connectivity index (χ3v) is 8.64. The molecular weight excluding hydrogens is 526 g/mol. The number of nitrogens with zero attached hydrogens (tertiary/aromatic N) is 3. The molecule has 0 bridgehead atoms. The third kappa shape index (κ3) is 4.31. The summed E-state index contributed by atoms with van der Waals surface area (Å²) in [5.74, 6) is 0.261. The minimum Gasteiger partial charge on any atom is -0.492 e. The standard InChI is InChI=1S/C28H35N9O4/c1-14-7-9-31-17(11-14)24(40)32-12-18-21-28(36-25(29)35-21)22(38)19(13-37(28)26(30)34-18)33-23(39)15-5-4-6-16-20(15)41-10-8-27(16,2)3/h4-7,9,11,18-19,21-22,38H,8,10,12-13H2,1-3H3,(H2,30,34)(H,32,40)(H,33,39)(H3,29,35,36)/p+1/t18-,19?,21-,22+,28-/m0/s1. The summed E-state index contributed by atoms with van der Waals surface area (Å²) in [4.78, 5) is 40.0. The highest BCUT2D eigenvalue weighted by atomic mass is 16.5. The Morgan fingerprint density at radius 1 is 1.27 bits per heavy atom. The fraction of sp³-hybridized carbons (Fsp3) is 0.464. The van der Waals surface area contributed by atoms with Crippen molar-refractivity contribution in [3.05, 3.63) is 58.9 Å². The van der Waals surface area contributed by atoms with Crippen LogP contribution in [0.3, 0.4) is 0 Å². The van der Waals surface area contributed by atoms with Crippen LogP contribution < -0.4 is 37.1 Å². The SMILES string of the molecule is Cc1ccnc(C(=O)NC[C@@H]2N=C(N)N3CC(NC(=O)c4cccc5c4OCCC5(C)C)[C@@H](O)[C@@]34NC(N)=[NH+][C@@H]24)c1. The quantitative estimate of drug-likeness (QED) is 0.205. The van der Waals surface area contributed by atoms with Crippen molar-refractivity contribution < 1.29 is 24.4 Å². The first-order valence-electron chi connectivity index (χ1n) is 13.8. The van der Waals surface area contributed by atoms with Crippen molar-refractivity contribution in [1.82, 2.24) is 25.8 Å². The van der Waals surface area contributed by atoms with Gasteiger partial charge in [0.05, 0.1) is 18.2 Å². The molecule has 4 aliphatic heterocycles. The molecule has 4 aliphatic rings. The van der Waals surface area contributed by atoms with Crippen LogP contribution in [0.15, 0.2) is 41.5 Å². The Hall–Kier alpha value is -4.39. The number of hydrogen-bond acceptors (Lipinski definition) is 10. The molecule has 13 nitrogen and oxygen atoms in total. The van der Waals surface area contributed by atoms with Gasteiger partial charge in [0.2, 0.25) is 5.66 Å². The van der Waals surface area contributed by atoms with Gasteiger partial charge in [0.1, 0.15) is 23.6 Å². The van der Waals surface area contributed by atoms with Crippen molar-refractivity contribution in [2.24, 2.45) is 16.5 Å². The van der Waals surface area contributed by atoms with Gasteiger partial charge in [-0.05, 0) is 42.5 Å². The van der Waals surface area contributed by atoms with Gasteiger partial charge >= 0.3 is 5.96 Å². The van der Waals surface area contributed by atoms with Crippen LogP contribution in [-0.4, -0.2) is 88.3 Å². The van der Waals surface area contributed by atoms with E-state index in [9.17, 15) is 14.7 Å². The van der Waals surface area contributed by atoms with E-state index in [1.54, 1.807) is 23.2 Å². The van der Waals surface area contributed by atoms with E-state index < -0.39 is 29.9 Å². The summed E-state index contributed by atoms with van der Waals surface area (Å²) in [7, 11) is 0. The summed E-state index contributed by atoms with van der Waals surface area (Å²) in [6.07, 6.45) is 1.30. The van der Waals surface area contributed by atoms with Crippen molar-refractivity contribution in [2.75, 3.05) is 19.7 Å². The van der Waals surface area contributed by atoms with E-state index in [-0.39, 0.29) is 47.9 Å². The predicted octanol–water partition coefficient (Wildman–Crippen LogP) is -2.58. The van der Waals surface area contributed by atoms with Gasteiger partial charge in [-0.1, -0.05) is 26.0 Å². The number of aryl methyl sites for hydroxylation is 1. The predicted molar refractivity (Wildman–Crippen MR) is 150 cm³/mol. The second-order valence-electron chi connectivity index (χ2n) is 11.8. The van der Waals surface area contributed by atoms with E-state index in [0.717, 1.165) is 17.5 Å². The number of hydrogen-bond donors (Lipinski definition) is 7. The number of carbonyl (C=O) groups excluding carboxylic acids is 2. The number of guanidine groups is 2. The van der Waals surface area contributed by atoms with Gasteiger partial charge in [-0.25, -0.2) is 10.3 Å². The topological polar surface area (TPSA) is 194 Å². The molecule has 1 fully saturated rings. The Morgan fingerprint density at radius 2 is 2.07 bits per heavy atom. The Kier molecular flexibility index (Phi) is 6.29. The lowest BCUT2D eigenvalue weighted by molar-refractivity contribution is -0.513. The van der Waals surface area contributed by atoms with Crippen molar-refractivity contribution in [2.45, 2.75) is 62.5 Å². The zero-order valence-corrected chi connectivity index (χ0v) is 23.3. The molecule has 9 N–H and O–H groups in total. The van der Waals surface area contributed by atoms with Crippen LogP contribution >= 0.6 is 0 Å². The average molecular weight is 563 g/mol. The van der Waals surface area contributed by atoms with Gasteiger partial charge in [0, 0.05) is 24.8 Å². The molecule has 216 valence electrons. The highest BCUT2D eigenvalue weighted by Crippen LogP contribution is 2.41. The van der Waals surface area contributed by atoms with Gasteiger partial charge < -0.3 is 31.1 Å². The molecule has 1 aromatic carbocycles. The van der Waals surface area contributed by atoms with Crippen LogP contribution in [0.2, 0.25) is 0 Å². The summed E-state index contributed by atoms with van der Waals surface area (Å²) in [5, 5.41) is 20.8. The van der Waals surface area contributed by atoms with Crippen LogP contribution in [0.1, 0.15) is 52.2 Å². The van der Waals surface area contributed by atoms with E-state index >= 15 is 0 Å². The van der Waals surface area contributed by atoms with Crippen LogP contribution in [0.5, 0.6) is 5.75 Å². The minimum atomic E-state index is -1.19. The molecule has 6 rings (SSSR count). The maximum absolute atomic E-state index is 13.6. The summed E-state index contributed by atoms with van der Waals surface area (Å²) in [6, 6.07) is 7.21. The maximum Gasteiger partial charge on any atom is 0.343 e. The second kappa shape index (κ2) is 9.61. The Labute approximate surface area is 237 Å². The number of nitrogens with two attached hydrogens (primary N) is 2. The molecule has 1 aromatic heterocycles. The zero-order valence-electron chi connectivity index (χ0n) is 23.3. The number of benzene rings is 1. The molecule has 2 amide bonds. The third-order valence-electron chi connectivity index (χ3n) is 8.64. The first-order valence-corrected chi connectivity index (χ1v) is 13.8. The summed E-state index contributed by atoms with van der Waals surface area (Å²) >= 11 is 0. The fourth-order valence-corrected chi connectivity index (χ4v) is 6.43. The molecular formula is C28H36N9O4+. The number of amides is 2. The van der Waals surface area contributed by atoms with Crippen molar-refractivity contribution in [1.29, 1.82) is 0 Å². The van der Waals surface area contributed by atoms with Gasteiger partial charge in [0.25, 0.3) is 11.8 Å². The van der Waals surface area contributed by atoms with Crippen LogP contribution in [-0.2, 0) is 5.41 Å². The number of aliphatic hydroxyl groups excluding tert-OH is 1. The number of para-hydroxylation sites is 1. The largest absolute Gasteiger partial charge is 0.492 e. The summed E-state index contributed by atoms with van der Waals surface area (Å²) < 4.78 is 5.94. The molecule has 1 saturated heterocycles. The fourth-order valence-electron chi connectivity index (χ4n) is 6.43. The number of rotatable bonds is 5. The zero-order chi connectivity index (χ0) is 29.1. The maximum atomic E-state index is 13.6. The Balaban J connectivity index is 1.23. The van der Waals surface area contributed by atoms with E-state index in [2.05, 4.69) is 44.8 Å². The average Bonchev–Trinajstić information content (AvgIpc) is 3.43. The smallest absolute Gasteiger partial charge is 0.343 e. The molecule has 5 heterocycles. The number of aliphatic imine (C=N–C) groups is 1. The minimum absolute atomic E-state index is 0.115. The molecule has 1 spiro atoms. The van der Waals surface area contributed by atoms with E-state index in [1.807, 2.05) is 25.1 Å². The monoisotopic (exact) mass is 562 g/mol. The summed E-state index contributed by atoms with van der Waals surface area (Å²) in [5.41, 5.74) is 13.9. The van der Waals surface area contributed by atoms with Gasteiger partial charge in [0.15, 0.2) is 12.0 Å². The second-order valence-corrected chi connectivity index (χ2v) is 11.8. The summed E-state index contributed by atoms with van der Waals surface area (Å²) in [6.45, 7) is 6.97. The molecule has 5 atom stereocenters. The van der Waals surface area contributed by atoms with Gasteiger partial charge in [-0.3, -0.25) is 25.3 Å².